The number of aromatic nitrogens is 3. The number of rotatable bonds is 10. The minimum absolute atomic E-state index is 0.0960. The van der Waals surface area contributed by atoms with E-state index in [0.29, 0.717) is 31.3 Å². The molecule has 12 heteroatoms. The molecule has 0 saturated carbocycles. The number of benzene rings is 3. The number of hydrogen-bond donors (Lipinski definition) is 2. The van der Waals surface area contributed by atoms with E-state index in [1.54, 1.807) is 39.5 Å². The van der Waals surface area contributed by atoms with Crippen LogP contribution in [-0.2, 0) is 45.3 Å². The average Bonchev–Trinajstić information content (AvgIpc) is 3.45. The van der Waals surface area contributed by atoms with Gasteiger partial charge < -0.3 is 29.4 Å². The predicted octanol–water partition coefficient (Wildman–Crippen LogP) is 5.26. The van der Waals surface area contributed by atoms with Crippen LogP contribution >= 0.6 is 0 Å². The van der Waals surface area contributed by atoms with Gasteiger partial charge in [-0.25, -0.2) is 9.59 Å². The van der Waals surface area contributed by atoms with Crippen molar-refractivity contribution in [3.63, 3.8) is 0 Å². The van der Waals surface area contributed by atoms with E-state index >= 15 is 0 Å². The van der Waals surface area contributed by atoms with E-state index in [-0.39, 0.29) is 19.8 Å². The molecule has 3 amide bonds. The quantitative estimate of drug-likeness (QED) is 0.239. The van der Waals surface area contributed by atoms with Gasteiger partial charge in [0.2, 0.25) is 5.91 Å². The van der Waals surface area contributed by atoms with Crippen molar-refractivity contribution in [2.75, 3.05) is 13.2 Å². The largest absolute Gasteiger partial charge is 0.445 e. The van der Waals surface area contributed by atoms with Gasteiger partial charge >= 0.3 is 12.2 Å². The van der Waals surface area contributed by atoms with E-state index < -0.39 is 35.3 Å². The minimum atomic E-state index is -1.31. The Kier molecular flexibility index (Phi) is 10.1. The summed E-state index contributed by atoms with van der Waals surface area (Å²) in [5.41, 5.74) is -0.152. The van der Waals surface area contributed by atoms with E-state index in [0.717, 1.165) is 21.9 Å². The number of ether oxygens (including phenoxy) is 3. The van der Waals surface area contributed by atoms with Crippen LogP contribution in [0.3, 0.4) is 0 Å². The molecule has 1 atom stereocenters. The summed E-state index contributed by atoms with van der Waals surface area (Å²) in [6.45, 7) is 9.96. The van der Waals surface area contributed by atoms with Crippen molar-refractivity contribution in [2.45, 2.75) is 78.1 Å². The zero-order valence-corrected chi connectivity index (χ0v) is 27.5. The SMILES string of the molecule is CC(C)(C)OC(=O)NC(C)(C)C(=O)N[C@H](COCc1ccccc1)c1nnc2n1CCN(C(=O)OCc1ccc3ccccc3c1)C2. The molecule has 0 bridgehead atoms. The lowest BCUT2D eigenvalue weighted by Crippen LogP contribution is -2.56. The fourth-order valence-electron chi connectivity index (χ4n) is 5.16. The number of alkyl carbamates (subject to hydrolysis) is 1. The second-order valence-electron chi connectivity index (χ2n) is 13.1. The van der Waals surface area contributed by atoms with Gasteiger partial charge in [-0.3, -0.25) is 9.69 Å². The van der Waals surface area contributed by atoms with Gasteiger partial charge in [0.15, 0.2) is 11.6 Å². The van der Waals surface area contributed by atoms with Crippen LogP contribution in [0.25, 0.3) is 10.8 Å². The third-order valence-electron chi connectivity index (χ3n) is 7.61. The Morgan fingerprint density at radius 3 is 2.32 bits per heavy atom. The maximum Gasteiger partial charge on any atom is 0.410 e. The smallest absolute Gasteiger partial charge is 0.410 e. The molecule has 12 nitrogen and oxygen atoms in total. The zero-order valence-electron chi connectivity index (χ0n) is 27.5. The van der Waals surface area contributed by atoms with Crippen LogP contribution < -0.4 is 10.6 Å². The molecule has 4 aromatic rings. The molecule has 0 unspecified atom stereocenters. The van der Waals surface area contributed by atoms with Crippen LogP contribution in [0.2, 0.25) is 0 Å². The van der Waals surface area contributed by atoms with Gasteiger partial charge in [0.25, 0.3) is 0 Å². The first-order chi connectivity index (χ1) is 22.4. The van der Waals surface area contributed by atoms with E-state index in [1.807, 2.05) is 77.4 Å². The molecule has 2 heterocycles. The molecular formula is C35H42N6O6. The highest BCUT2D eigenvalue weighted by Gasteiger charge is 2.35. The van der Waals surface area contributed by atoms with Crippen molar-refractivity contribution < 1.29 is 28.6 Å². The van der Waals surface area contributed by atoms with Crippen LogP contribution in [0, 0.1) is 0 Å². The molecule has 3 aromatic carbocycles. The fraction of sp³-hybridized carbons (Fsp3) is 0.400. The summed E-state index contributed by atoms with van der Waals surface area (Å²) in [6, 6.07) is 23.0. The summed E-state index contributed by atoms with van der Waals surface area (Å²) in [5.74, 6) is 0.588. The molecule has 2 N–H and O–H groups in total. The topological polar surface area (TPSA) is 137 Å². The zero-order chi connectivity index (χ0) is 33.6. The van der Waals surface area contributed by atoms with Crippen molar-refractivity contribution in [1.82, 2.24) is 30.3 Å². The third-order valence-corrected chi connectivity index (χ3v) is 7.61. The number of nitrogens with zero attached hydrogens (tertiary/aromatic N) is 4. The summed E-state index contributed by atoms with van der Waals surface area (Å²) < 4.78 is 18.9. The number of hydrogen-bond acceptors (Lipinski definition) is 8. The second-order valence-corrected chi connectivity index (χ2v) is 13.1. The van der Waals surface area contributed by atoms with Crippen LogP contribution in [0.5, 0.6) is 0 Å². The van der Waals surface area contributed by atoms with Gasteiger partial charge in [0, 0.05) is 13.1 Å². The third kappa shape index (κ3) is 8.85. The van der Waals surface area contributed by atoms with E-state index in [4.69, 9.17) is 14.2 Å². The molecule has 248 valence electrons. The summed E-state index contributed by atoms with van der Waals surface area (Å²) >= 11 is 0. The summed E-state index contributed by atoms with van der Waals surface area (Å²) in [5, 5.41) is 16.6. The van der Waals surface area contributed by atoms with Gasteiger partial charge in [0.05, 0.1) is 19.8 Å². The summed E-state index contributed by atoms with van der Waals surface area (Å²) in [6.07, 6.45) is -1.15. The maximum absolute atomic E-state index is 13.5. The van der Waals surface area contributed by atoms with Crippen LogP contribution in [0.1, 0.15) is 63.4 Å². The minimum Gasteiger partial charge on any atom is -0.445 e. The Balaban J connectivity index is 1.25. The molecular weight excluding hydrogens is 600 g/mol. The number of carbonyl (C=O) groups excluding carboxylic acids is 3. The Bertz CT molecular complexity index is 1710. The van der Waals surface area contributed by atoms with Crippen LogP contribution in [0.15, 0.2) is 72.8 Å². The lowest BCUT2D eigenvalue weighted by Gasteiger charge is -2.31. The number of carbonyl (C=O) groups is 3. The van der Waals surface area contributed by atoms with E-state index in [2.05, 4.69) is 20.8 Å². The Hall–Kier alpha value is -4.97. The summed E-state index contributed by atoms with van der Waals surface area (Å²) in [4.78, 5) is 40.6. The number of amides is 3. The van der Waals surface area contributed by atoms with E-state index in [9.17, 15) is 14.4 Å². The standard InChI is InChI=1S/C35H42N6O6/c1-34(2,3)47-32(43)37-35(4,5)31(42)36-28(23-45-21-24-11-7-6-8-12-24)30-39-38-29-20-40(17-18-41(29)30)33(44)46-22-25-15-16-26-13-9-10-14-27(26)19-25/h6-16,19,28H,17-18,20-23H2,1-5H3,(H,36,42)(H,37,43)/t28-/m1/s1. The number of nitrogens with one attached hydrogen (secondary N) is 2. The first-order valence-corrected chi connectivity index (χ1v) is 15.6. The Morgan fingerprint density at radius 1 is 0.851 bits per heavy atom. The molecule has 0 fully saturated rings. The molecule has 1 aromatic heterocycles. The molecule has 0 aliphatic carbocycles. The first-order valence-electron chi connectivity index (χ1n) is 15.6. The molecule has 47 heavy (non-hydrogen) atoms. The number of fused-ring (bicyclic) bond motifs is 2. The van der Waals surface area contributed by atoms with Crippen LogP contribution in [-0.4, -0.2) is 62.0 Å². The van der Waals surface area contributed by atoms with Crippen molar-refractivity contribution in [3.8, 4) is 0 Å². The van der Waals surface area contributed by atoms with Gasteiger partial charge in [0.1, 0.15) is 23.8 Å². The highest BCUT2D eigenvalue weighted by atomic mass is 16.6. The second kappa shape index (κ2) is 14.2. The normalized spacial score (nSPS) is 13.9. The van der Waals surface area contributed by atoms with E-state index in [1.165, 1.54) is 0 Å². The van der Waals surface area contributed by atoms with Gasteiger partial charge in [-0.15, -0.1) is 10.2 Å². The lowest BCUT2D eigenvalue weighted by atomic mass is 10.0. The maximum atomic E-state index is 13.5. The predicted molar refractivity (Wildman–Crippen MR) is 175 cm³/mol. The van der Waals surface area contributed by atoms with Gasteiger partial charge in [-0.05, 0) is 62.6 Å². The van der Waals surface area contributed by atoms with Crippen molar-refractivity contribution in [2.24, 2.45) is 0 Å². The molecule has 0 spiro atoms. The molecule has 0 radical (unpaired) electrons. The highest BCUT2D eigenvalue weighted by Crippen LogP contribution is 2.22. The lowest BCUT2D eigenvalue weighted by molar-refractivity contribution is -0.127. The fourth-order valence-corrected chi connectivity index (χ4v) is 5.16. The van der Waals surface area contributed by atoms with Crippen LogP contribution in [0.4, 0.5) is 9.59 Å². The van der Waals surface area contributed by atoms with Gasteiger partial charge in [-0.2, -0.15) is 0 Å². The first kappa shape index (κ1) is 33.4. The molecule has 1 aliphatic rings. The molecule has 5 rings (SSSR count). The van der Waals surface area contributed by atoms with Crippen molar-refractivity contribution in [3.05, 3.63) is 95.6 Å². The van der Waals surface area contributed by atoms with Gasteiger partial charge in [-0.1, -0.05) is 66.7 Å². The average molecular weight is 643 g/mol. The monoisotopic (exact) mass is 642 g/mol. The van der Waals surface area contributed by atoms with Crippen molar-refractivity contribution >= 4 is 28.9 Å². The van der Waals surface area contributed by atoms with Crippen molar-refractivity contribution in [1.29, 1.82) is 0 Å². The Morgan fingerprint density at radius 2 is 1.57 bits per heavy atom. The highest BCUT2D eigenvalue weighted by molar-refractivity contribution is 5.89. The molecule has 1 aliphatic heterocycles. The Labute approximate surface area is 274 Å². The summed E-state index contributed by atoms with van der Waals surface area (Å²) in [7, 11) is 0. The molecule has 0 saturated heterocycles.